The number of aryl methyl sites for hydroxylation is 3. The first kappa shape index (κ1) is 15.9. The molecule has 130 valence electrons. The summed E-state index contributed by atoms with van der Waals surface area (Å²) in [5, 5.41) is 5.71. The lowest BCUT2D eigenvalue weighted by atomic mass is 10.2. The Balaban J connectivity index is 1.65. The average Bonchev–Trinajstić information content (AvgIpc) is 3.20. The molecule has 3 heterocycles. The maximum absolute atomic E-state index is 5.33. The Kier molecular flexibility index (Phi) is 3.82. The lowest BCUT2D eigenvalue weighted by molar-refractivity contribution is 0.415. The van der Waals surface area contributed by atoms with Gasteiger partial charge in [-0.2, -0.15) is 5.10 Å². The number of fused-ring (bicyclic) bond motifs is 1. The first-order chi connectivity index (χ1) is 12.0. The molecule has 2 aromatic heterocycles. The average molecular weight is 337 g/mol. The zero-order chi connectivity index (χ0) is 17.6. The third-order valence-corrected chi connectivity index (χ3v) is 4.92. The molecule has 0 N–H and O–H groups in total. The second-order valence-corrected chi connectivity index (χ2v) is 6.75. The van der Waals surface area contributed by atoms with Gasteiger partial charge in [-0.05, 0) is 45.4 Å². The lowest BCUT2D eigenvalue weighted by Gasteiger charge is -2.18. The molecule has 1 aliphatic heterocycles. The van der Waals surface area contributed by atoms with Crippen LogP contribution in [0.25, 0.3) is 10.9 Å². The van der Waals surface area contributed by atoms with E-state index in [0.29, 0.717) is 6.04 Å². The quantitative estimate of drug-likeness (QED) is 0.734. The lowest BCUT2D eigenvalue weighted by Crippen LogP contribution is -2.24. The maximum atomic E-state index is 5.33. The van der Waals surface area contributed by atoms with Crippen molar-refractivity contribution in [3.8, 4) is 5.75 Å². The summed E-state index contributed by atoms with van der Waals surface area (Å²) in [6.45, 7) is 8.02. The standard InChI is InChI=1S/C19H23N5O/c1-12-9-13(2)24(22-12)15-7-8-23(11-15)19-20-14(3)17-6-5-16(25-4)10-18(17)21-19/h5-6,9-10,15H,7-8,11H2,1-4H3/t15-/m0/s1. The predicted octanol–water partition coefficient (Wildman–Crippen LogP) is 3.21. The van der Waals surface area contributed by atoms with Gasteiger partial charge in [0.05, 0.1) is 30.1 Å². The van der Waals surface area contributed by atoms with Crippen LogP contribution < -0.4 is 9.64 Å². The highest BCUT2D eigenvalue weighted by Gasteiger charge is 2.27. The zero-order valence-corrected chi connectivity index (χ0v) is 15.2. The van der Waals surface area contributed by atoms with Crippen LogP contribution >= 0.6 is 0 Å². The van der Waals surface area contributed by atoms with Crippen molar-refractivity contribution in [2.45, 2.75) is 33.2 Å². The fourth-order valence-electron chi connectivity index (χ4n) is 3.66. The van der Waals surface area contributed by atoms with Gasteiger partial charge in [0.1, 0.15) is 5.75 Å². The summed E-state index contributed by atoms with van der Waals surface area (Å²) in [5.41, 5.74) is 4.21. The van der Waals surface area contributed by atoms with E-state index in [1.54, 1.807) is 7.11 Å². The summed E-state index contributed by atoms with van der Waals surface area (Å²) in [4.78, 5) is 11.8. The Labute approximate surface area is 147 Å². The van der Waals surface area contributed by atoms with Crippen LogP contribution in [-0.4, -0.2) is 39.9 Å². The Morgan fingerprint density at radius 2 is 1.96 bits per heavy atom. The molecule has 0 spiro atoms. The fourth-order valence-corrected chi connectivity index (χ4v) is 3.66. The van der Waals surface area contributed by atoms with Crippen LogP contribution in [0.15, 0.2) is 24.3 Å². The minimum atomic E-state index is 0.374. The zero-order valence-electron chi connectivity index (χ0n) is 15.2. The molecule has 1 atom stereocenters. The summed E-state index contributed by atoms with van der Waals surface area (Å²) < 4.78 is 7.48. The van der Waals surface area contributed by atoms with Gasteiger partial charge in [0, 0.05) is 30.2 Å². The van der Waals surface area contributed by atoms with E-state index in [0.717, 1.165) is 53.5 Å². The Hall–Kier alpha value is -2.63. The van der Waals surface area contributed by atoms with E-state index in [4.69, 9.17) is 14.7 Å². The number of hydrogen-bond acceptors (Lipinski definition) is 5. The number of hydrogen-bond donors (Lipinski definition) is 0. The molecule has 4 rings (SSSR count). The number of aromatic nitrogens is 4. The first-order valence-electron chi connectivity index (χ1n) is 8.65. The second-order valence-electron chi connectivity index (χ2n) is 6.75. The summed E-state index contributed by atoms with van der Waals surface area (Å²) in [7, 11) is 1.68. The molecule has 6 nitrogen and oxygen atoms in total. The fraction of sp³-hybridized carbons (Fsp3) is 0.421. The van der Waals surface area contributed by atoms with Crippen LogP contribution in [0.1, 0.15) is 29.5 Å². The Morgan fingerprint density at radius 1 is 1.12 bits per heavy atom. The van der Waals surface area contributed by atoms with Gasteiger partial charge in [-0.15, -0.1) is 0 Å². The van der Waals surface area contributed by atoms with Crippen molar-refractivity contribution in [2.75, 3.05) is 25.1 Å². The van der Waals surface area contributed by atoms with E-state index in [-0.39, 0.29) is 0 Å². The minimum Gasteiger partial charge on any atom is -0.497 e. The van der Waals surface area contributed by atoms with Crippen molar-refractivity contribution in [3.63, 3.8) is 0 Å². The van der Waals surface area contributed by atoms with E-state index in [1.807, 2.05) is 32.0 Å². The number of nitrogens with zero attached hydrogens (tertiary/aromatic N) is 5. The number of methoxy groups -OCH3 is 1. The highest BCUT2D eigenvalue weighted by molar-refractivity contribution is 5.83. The third kappa shape index (κ3) is 2.81. The molecule has 1 saturated heterocycles. The van der Waals surface area contributed by atoms with Gasteiger partial charge in [0.25, 0.3) is 0 Å². The highest BCUT2D eigenvalue weighted by atomic mass is 16.5. The van der Waals surface area contributed by atoms with E-state index in [2.05, 4.69) is 27.7 Å². The van der Waals surface area contributed by atoms with Gasteiger partial charge in [-0.1, -0.05) is 0 Å². The van der Waals surface area contributed by atoms with Crippen molar-refractivity contribution in [2.24, 2.45) is 0 Å². The Bertz CT molecular complexity index is 933. The van der Waals surface area contributed by atoms with Gasteiger partial charge in [0.2, 0.25) is 5.95 Å². The number of benzene rings is 1. The monoisotopic (exact) mass is 337 g/mol. The molecule has 1 fully saturated rings. The van der Waals surface area contributed by atoms with Crippen LogP contribution in [0.5, 0.6) is 5.75 Å². The molecule has 1 aliphatic rings. The second kappa shape index (κ2) is 6.02. The van der Waals surface area contributed by atoms with Gasteiger partial charge >= 0.3 is 0 Å². The third-order valence-electron chi connectivity index (χ3n) is 4.92. The molecular formula is C19H23N5O. The molecule has 6 heteroatoms. The first-order valence-corrected chi connectivity index (χ1v) is 8.65. The summed E-state index contributed by atoms with van der Waals surface area (Å²) >= 11 is 0. The normalized spacial score (nSPS) is 17.4. The summed E-state index contributed by atoms with van der Waals surface area (Å²) in [6, 6.07) is 8.45. The van der Waals surface area contributed by atoms with E-state index in [1.165, 1.54) is 5.69 Å². The van der Waals surface area contributed by atoms with E-state index >= 15 is 0 Å². The highest BCUT2D eigenvalue weighted by Crippen LogP contribution is 2.28. The largest absolute Gasteiger partial charge is 0.497 e. The van der Waals surface area contributed by atoms with Crippen molar-refractivity contribution in [1.82, 2.24) is 19.7 Å². The molecule has 3 aromatic rings. The van der Waals surface area contributed by atoms with E-state index in [9.17, 15) is 0 Å². The molecule has 0 saturated carbocycles. The van der Waals surface area contributed by atoms with Crippen molar-refractivity contribution in [3.05, 3.63) is 41.3 Å². The maximum Gasteiger partial charge on any atom is 0.226 e. The van der Waals surface area contributed by atoms with Gasteiger partial charge in [-0.25, -0.2) is 9.97 Å². The van der Waals surface area contributed by atoms with Crippen LogP contribution in [-0.2, 0) is 0 Å². The smallest absolute Gasteiger partial charge is 0.226 e. The van der Waals surface area contributed by atoms with Gasteiger partial charge < -0.3 is 9.64 Å². The molecule has 0 aliphatic carbocycles. The van der Waals surface area contributed by atoms with Gasteiger partial charge in [0.15, 0.2) is 0 Å². The van der Waals surface area contributed by atoms with Crippen molar-refractivity contribution in [1.29, 1.82) is 0 Å². The number of ether oxygens (including phenoxy) is 1. The van der Waals surface area contributed by atoms with Crippen molar-refractivity contribution >= 4 is 16.9 Å². The van der Waals surface area contributed by atoms with E-state index < -0.39 is 0 Å². The minimum absolute atomic E-state index is 0.374. The molecule has 25 heavy (non-hydrogen) atoms. The number of rotatable bonds is 3. The van der Waals surface area contributed by atoms with Crippen LogP contribution in [0.4, 0.5) is 5.95 Å². The van der Waals surface area contributed by atoms with Crippen LogP contribution in [0, 0.1) is 20.8 Å². The Morgan fingerprint density at radius 3 is 2.68 bits per heavy atom. The molecule has 0 radical (unpaired) electrons. The molecule has 0 amide bonds. The molecule has 0 unspecified atom stereocenters. The van der Waals surface area contributed by atoms with Gasteiger partial charge in [-0.3, -0.25) is 4.68 Å². The predicted molar refractivity (Wildman–Crippen MR) is 98.4 cm³/mol. The molecule has 1 aromatic carbocycles. The topological polar surface area (TPSA) is 56.1 Å². The summed E-state index contributed by atoms with van der Waals surface area (Å²) in [5.74, 6) is 1.61. The SMILES string of the molecule is COc1ccc2c(C)nc(N3CC[C@H](n4nc(C)cc4C)C3)nc2c1. The van der Waals surface area contributed by atoms with Crippen molar-refractivity contribution < 1.29 is 4.74 Å². The molecular weight excluding hydrogens is 314 g/mol. The summed E-state index contributed by atoms with van der Waals surface area (Å²) in [6.07, 6.45) is 1.06. The van der Waals surface area contributed by atoms with Crippen LogP contribution in [0.3, 0.4) is 0 Å². The molecule has 0 bridgehead atoms. The van der Waals surface area contributed by atoms with Crippen LogP contribution in [0.2, 0.25) is 0 Å². The number of anilines is 1.